The van der Waals surface area contributed by atoms with Gasteiger partial charge in [0.15, 0.2) is 0 Å². The number of nitrogens with zero attached hydrogens (tertiary/aromatic N) is 3. The molecule has 3 saturated heterocycles. The van der Waals surface area contributed by atoms with Gasteiger partial charge in [-0.1, -0.05) is 35.7 Å². The zero-order valence-electron chi connectivity index (χ0n) is 32.0. The van der Waals surface area contributed by atoms with Crippen molar-refractivity contribution in [1.29, 1.82) is 0 Å². The van der Waals surface area contributed by atoms with Crippen LogP contribution in [0.3, 0.4) is 0 Å². The number of ether oxygens (including phenoxy) is 2. The minimum atomic E-state index is -5.26. The Morgan fingerprint density at radius 2 is 1.66 bits per heavy atom. The third kappa shape index (κ3) is 10.2. The summed E-state index contributed by atoms with van der Waals surface area (Å²) in [6.07, 6.45) is 6.54. The number of hydrogen-bond donors (Lipinski definition) is 1. The number of alkyl halides is 2. The summed E-state index contributed by atoms with van der Waals surface area (Å²) in [7, 11) is -2.59. The summed E-state index contributed by atoms with van der Waals surface area (Å²) >= 11 is 2.57. The Balaban J connectivity index is 1.12. The van der Waals surface area contributed by atoms with Crippen LogP contribution in [0.1, 0.15) is 58.8 Å². The van der Waals surface area contributed by atoms with Crippen LogP contribution in [0, 0.1) is 0 Å². The number of carbonyl (C=O) groups excluding carboxylic acids is 5. The van der Waals surface area contributed by atoms with Crippen LogP contribution in [-0.4, -0.2) is 126 Å². The van der Waals surface area contributed by atoms with Crippen molar-refractivity contribution in [2.24, 2.45) is 0 Å². The van der Waals surface area contributed by atoms with Crippen molar-refractivity contribution in [2.75, 3.05) is 65.2 Å². The lowest BCUT2D eigenvalue weighted by Crippen LogP contribution is -2.58. The minimum Gasteiger partial charge on any atom is -0.376 e. The average molecular weight is 883 g/mol. The quantitative estimate of drug-likeness (QED) is 0.123. The Hall–Kier alpha value is -3.29. The van der Waals surface area contributed by atoms with Gasteiger partial charge in [-0.25, -0.2) is 0 Å². The molecule has 3 atom stereocenters. The average Bonchev–Trinajstić information content (AvgIpc) is 3.78. The number of carbonyl (C=O) groups is 5. The number of thiophene rings is 1. The summed E-state index contributed by atoms with van der Waals surface area (Å²) in [5.41, 5.74) is -3.80. The summed E-state index contributed by atoms with van der Waals surface area (Å²) < 4.78 is 66.7. The molecule has 6 rings (SSSR count). The van der Waals surface area contributed by atoms with Gasteiger partial charge in [-0.05, 0) is 67.3 Å². The zero-order chi connectivity index (χ0) is 41.5. The number of halogens is 2. The van der Waals surface area contributed by atoms with Crippen molar-refractivity contribution in [2.45, 2.75) is 61.8 Å². The lowest BCUT2D eigenvalue weighted by Gasteiger charge is -2.42. The van der Waals surface area contributed by atoms with E-state index in [0.717, 1.165) is 52.6 Å². The Morgan fingerprint density at radius 3 is 2.29 bits per heavy atom. The largest absolute Gasteiger partial charge is 0.404 e. The van der Waals surface area contributed by atoms with Crippen LogP contribution < -0.4 is 5.32 Å². The Bertz CT molecular complexity index is 1990. The van der Waals surface area contributed by atoms with Crippen molar-refractivity contribution in [1.82, 2.24) is 20.1 Å². The van der Waals surface area contributed by atoms with Crippen molar-refractivity contribution >= 4 is 80.5 Å². The highest BCUT2D eigenvalue weighted by molar-refractivity contribution is 8.14. The molecule has 0 aliphatic carbocycles. The van der Waals surface area contributed by atoms with E-state index in [-0.39, 0.29) is 69.0 Å². The number of pyridine rings is 1. The second-order valence-electron chi connectivity index (χ2n) is 14.1. The summed E-state index contributed by atoms with van der Waals surface area (Å²) in [6.45, 7) is -0.311. The normalized spacial score (nSPS) is 20.1. The van der Waals surface area contributed by atoms with Crippen molar-refractivity contribution in [3.8, 4) is 0 Å². The molecule has 14 nitrogen and oxygen atoms in total. The van der Waals surface area contributed by atoms with Gasteiger partial charge in [0.2, 0.25) is 22.0 Å². The van der Waals surface area contributed by atoms with Crippen LogP contribution in [0.15, 0.2) is 48.8 Å². The molecule has 3 amide bonds. The molecule has 3 aromatic rings. The third-order valence-corrected chi connectivity index (χ3v) is 14.9. The van der Waals surface area contributed by atoms with Crippen LogP contribution in [0.4, 0.5) is 8.78 Å². The summed E-state index contributed by atoms with van der Waals surface area (Å²) in [6, 6.07) is 7.26. The number of fused-ring (bicyclic) bond motifs is 2. The molecule has 0 saturated carbocycles. The molecule has 314 valence electrons. The Morgan fingerprint density at radius 1 is 0.966 bits per heavy atom. The van der Waals surface area contributed by atoms with E-state index in [1.807, 2.05) is 12.1 Å². The predicted octanol–water partition coefficient (Wildman–Crippen LogP) is 5.65. The van der Waals surface area contributed by atoms with Crippen molar-refractivity contribution in [3.05, 3.63) is 64.8 Å². The molecule has 2 aromatic heterocycles. The van der Waals surface area contributed by atoms with Crippen LogP contribution in [0.5, 0.6) is 0 Å². The molecule has 3 aliphatic heterocycles. The lowest BCUT2D eigenvalue weighted by atomic mass is 9.92. The predicted molar refractivity (Wildman–Crippen MR) is 216 cm³/mol. The third-order valence-electron chi connectivity index (χ3n) is 10.2. The van der Waals surface area contributed by atoms with Crippen LogP contribution >= 0.6 is 42.5 Å². The molecular weight excluding hydrogens is 838 g/mol. The van der Waals surface area contributed by atoms with Gasteiger partial charge in [0.1, 0.15) is 25.3 Å². The number of benzene rings is 1. The molecular formula is C38H45F2N4O10PS3. The van der Waals surface area contributed by atoms with E-state index in [2.05, 4.69) is 10.3 Å². The first-order valence-electron chi connectivity index (χ1n) is 18.8. The second-order valence-corrected chi connectivity index (χ2v) is 19.5. The number of hydrogen-bond acceptors (Lipinski definition) is 14. The highest BCUT2D eigenvalue weighted by Gasteiger charge is 2.55. The Labute approximate surface area is 347 Å². The number of likely N-dealkylation sites (tertiary alicyclic amines) is 1. The standard InChI is InChI=1S/C38H45F2N4O10PS3/c1-51-22-33(45)56-15-13-53-55(50,54-14-16-57-34(46)23-52-2)38(39,40)27-8-11-31-25(17-27)18-32(58-31)35(47)42-29-7-3-6-28-9-10-30(44(28)36(29)48)37(49)43-20-26(21-43)24-5-4-12-41-19-24/h4-5,8,11-12,17-19,26,28-30H,3,6-7,9-10,13-16,20-23H2,1-2H3,(H,42,47)/t28-,29-,30-/m0/s1. The maximum absolute atomic E-state index is 16.2. The van der Waals surface area contributed by atoms with E-state index in [1.54, 1.807) is 22.2 Å². The van der Waals surface area contributed by atoms with Gasteiger partial charge >= 0.3 is 13.3 Å². The SMILES string of the molecule is COCC(=O)SCCOP(=O)(OCCSC(=O)COC)C(F)(F)c1ccc2sc(C(=O)N[C@H]3CCC[C@H]4CC[C@@H](C(=O)N5CC(c6cccnc6)C5)N4C3=O)cc2c1. The molecule has 0 radical (unpaired) electrons. The molecule has 5 heterocycles. The molecule has 58 heavy (non-hydrogen) atoms. The van der Waals surface area contributed by atoms with Gasteiger partial charge in [0.05, 0.1) is 18.1 Å². The highest BCUT2D eigenvalue weighted by atomic mass is 32.2. The van der Waals surface area contributed by atoms with E-state index in [1.165, 1.54) is 26.4 Å². The summed E-state index contributed by atoms with van der Waals surface area (Å²) in [5.74, 6) is -0.962. The van der Waals surface area contributed by atoms with E-state index in [9.17, 15) is 28.5 Å². The van der Waals surface area contributed by atoms with Crippen LogP contribution in [-0.2, 0) is 47.9 Å². The first-order valence-corrected chi connectivity index (χ1v) is 23.1. The molecule has 0 unspecified atom stereocenters. The minimum absolute atomic E-state index is 0.0902. The molecule has 0 bridgehead atoms. The van der Waals surface area contributed by atoms with Gasteiger partial charge in [-0.2, -0.15) is 8.78 Å². The molecule has 1 N–H and O–H groups in total. The number of rotatable bonds is 18. The highest BCUT2D eigenvalue weighted by Crippen LogP contribution is 2.67. The maximum Gasteiger partial charge on any atom is 0.404 e. The number of amides is 3. The number of aromatic nitrogens is 1. The monoisotopic (exact) mass is 882 g/mol. The number of methoxy groups -OCH3 is 2. The second kappa shape index (κ2) is 19.8. The van der Waals surface area contributed by atoms with E-state index in [0.29, 0.717) is 49.9 Å². The molecule has 1 aromatic carbocycles. The first kappa shape index (κ1) is 44.3. The van der Waals surface area contributed by atoms with Gasteiger partial charge in [0.25, 0.3) is 5.91 Å². The van der Waals surface area contributed by atoms with Crippen molar-refractivity contribution in [3.63, 3.8) is 0 Å². The van der Waals surface area contributed by atoms with Crippen LogP contribution in [0.25, 0.3) is 10.1 Å². The van der Waals surface area contributed by atoms with Crippen molar-refractivity contribution < 1.29 is 55.8 Å². The first-order chi connectivity index (χ1) is 27.8. The van der Waals surface area contributed by atoms with Gasteiger partial charge in [-0.3, -0.25) is 33.5 Å². The summed E-state index contributed by atoms with van der Waals surface area (Å²) in [5, 5.41) is 2.37. The van der Waals surface area contributed by atoms with Gasteiger partial charge in [0, 0.05) is 73.4 Å². The fraction of sp³-hybridized carbons (Fsp3) is 0.526. The van der Waals surface area contributed by atoms with Gasteiger partial charge < -0.3 is 33.6 Å². The van der Waals surface area contributed by atoms with E-state index in [4.69, 9.17) is 18.5 Å². The Kier molecular flexibility index (Phi) is 15.1. The lowest BCUT2D eigenvalue weighted by molar-refractivity contribution is -0.148. The zero-order valence-corrected chi connectivity index (χ0v) is 35.3. The molecule has 20 heteroatoms. The smallest absolute Gasteiger partial charge is 0.376 e. The molecule has 0 spiro atoms. The topological polar surface area (TPSA) is 171 Å². The van der Waals surface area contributed by atoms with Gasteiger partial charge in [-0.15, -0.1) is 11.3 Å². The molecule has 3 aliphatic rings. The van der Waals surface area contributed by atoms with E-state index >= 15 is 8.78 Å². The molecule has 3 fully saturated rings. The number of nitrogens with one attached hydrogen (secondary N) is 1. The van der Waals surface area contributed by atoms with E-state index < -0.39 is 50.0 Å². The fourth-order valence-electron chi connectivity index (χ4n) is 7.31. The number of thioether (sulfide) groups is 2. The fourth-order valence-corrected chi connectivity index (χ4v) is 11.2. The van der Waals surface area contributed by atoms with Crippen LogP contribution in [0.2, 0.25) is 0 Å². The maximum atomic E-state index is 16.2. The summed E-state index contributed by atoms with van der Waals surface area (Å²) in [4.78, 5) is 72.8.